The van der Waals surface area contributed by atoms with E-state index in [0.29, 0.717) is 24.7 Å². The standard InChI is InChI=1S/2C8H17.O.Zr/c2*1-3-5-7-8-6-4-2;;/h2*1,3-8H2,2H3;;/q2*-1;;+2. The number of unbranched alkanes of at least 4 members (excludes halogenated alkanes) is 10. The number of hydrogen-bond donors (Lipinski definition) is 0. The normalized spacial score (nSPS) is 9.00. The van der Waals surface area contributed by atoms with E-state index in [4.69, 9.17) is 2.81 Å². The van der Waals surface area contributed by atoms with E-state index in [1.165, 1.54) is 64.2 Å². The molecule has 0 bridgehead atoms. The molecule has 18 heavy (non-hydrogen) atoms. The van der Waals surface area contributed by atoms with Gasteiger partial charge in [0.05, 0.1) is 0 Å². The van der Waals surface area contributed by atoms with Gasteiger partial charge in [0.2, 0.25) is 0 Å². The average Bonchev–Trinajstić information content (AvgIpc) is 2.43. The summed E-state index contributed by atoms with van der Waals surface area (Å²) in [5.41, 5.74) is 0. The molecular formula is C16H34OZr. The molecule has 0 radical (unpaired) electrons. The monoisotopic (exact) mass is 332 g/mol. The summed E-state index contributed by atoms with van der Waals surface area (Å²) in [6, 6.07) is 0. The van der Waals surface area contributed by atoms with Gasteiger partial charge in [-0.1, -0.05) is 78.1 Å². The predicted octanol–water partition coefficient (Wildman–Crippen LogP) is 6.24. The van der Waals surface area contributed by atoms with Gasteiger partial charge in [0.25, 0.3) is 0 Å². The minimum atomic E-state index is 0.300. The summed E-state index contributed by atoms with van der Waals surface area (Å²) in [6.45, 7) is 12.0. The van der Waals surface area contributed by atoms with Crippen LogP contribution in [0.1, 0.15) is 90.9 Å². The van der Waals surface area contributed by atoms with Crippen LogP contribution >= 0.6 is 0 Å². The third-order valence-corrected chi connectivity index (χ3v) is 2.71. The Morgan fingerprint density at radius 2 is 0.889 bits per heavy atom. The molecule has 0 amide bonds. The molecule has 0 unspecified atom stereocenters. The van der Waals surface area contributed by atoms with Crippen molar-refractivity contribution in [3.63, 3.8) is 0 Å². The van der Waals surface area contributed by atoms with Crippen LogP contribution in [0.5, 0.6) is 0 Å². The van der Waals surface area contributed by atoms with Crippen LogP contribution in [0.25, 0.3) is 0 Å². The average molecular weight is 334 g/mol. The third-order valence-electron chi connectivity index (χ3n) is 2.71. The molecule has 0 aliphatic carbocycles. The topological polar surface area (TPSA) is 17.1 Å². The maximum atomic E-state index is 8.34. The van der Waals surface area contributed by atoms with Gasteiger partial charge >= 0.3 is 27.5 Å². The zero-order chi connectivity index (χ0) is 14.5. The van der Waals surface area contributed by atoms with Gasteiger partial charge in [0, 0.05) is 0 Å². The fourth-order valence-electron chi connectivity index (χ4n) is 1.56. The van der Waals surface area contributed by atoms with Gasteiger partial charge in [0.1, 0.15) is 0 Å². The Balaban J connectivity index is -0.000000219. The molecule has 0 aliphatic heterocycles. The summed E-state index contributed by atoms with van der Waals surface area (Å²) in [6.07, 6.45) is 16.0. The number of hydrogen-bond acceptors (Lipinski definition) is 1. The Morgan fingerprint density at radius 1 is 0.611 bits per heavy atom. The molecule has 0 saturated carbocycles. The fourth-order valence-corrected chi connectivity index (χ4v) is 1.56. The van der Waals surface area contributed by atoms with E-state index in [-0.39, 0.29) is 0 Å². The fraction of sp³-hybridized carbons (Fsp3) is 0.875. The number of rotatable bonds is 10. The van der Waals surface area contributed by atoms with E-state index in [1.54, 1.807) is 0 Å². The van der Waals surface area contributed by atoms with E-state index < -0.39 is 0 Å². The summed E-state index contributed by atoms with van der Waals surface area (Å²) in [5, 5.41) is 0. The Hall–Kier alpha value is 0.683. The molecule has 0 N–H and O–H groups in total. The third kappa shape index (κ3) is 36.0. The summed E-state index contributed by atoms with van der Waals surface area (Å²) < 4.78 is 8.34. The van der Waals surface area contributed by atoms with Crippen molar-refractivity contribution in [3.05, 3.63) is 13.8 Å². The van der Waals surface area contributed by atoms with Crippen LogP contribution in [0.3, 0.4) is 0 Å². The summed E-state index contributed by atoms with van der Waals surface area (Å²) in [7, 11) is 0. The molecular weight excluding hydrogens is 299 g/mol. The van der Waals surface area contributed by atoms with Crippen molar-refractivity contribution in [2.75, 3.05) is 0 Å². The quantitative estimate of drug-likeness (QED) is 0.341. The van der Waals surface area contributed by atoms with Crippen LogP contribution in [-0.2, 0) is 27.5 Å². The van der Waals surface area contributed by atoms with Crippen molar-refractivity contribution in [2.24, 2.45) is 0 Å². The molecule has 0 atom stereocenters. The van der Waals surface area contributed by atoms with Crippen LogP contribution < -0.4 is 0 Å². The molecule has 0 aromatic rings. The summed E-state index contributed by atoms with van der Waals surface area (Å²) >= 11 is 0.300. The van der Waals surface area contributed by atoms with Gasteiger partial charge in [-0.25, -0.2) is 0 Å². The first-order valence-electron chi connectivity index (χ1n) is 7.62. The Bertz CT molecular complexity index is 83.3. The van der Waals surface area contributed by atoms with Gasteiger partial charge in [-0.3, -0.25) is 0 Å². The van der Waals surface area contributed by atoms with E-state index in [1.807, 2.05) is 0 Å². The molecule has 0 heterocycles. The predicted molar refractivity (Wildman–Crippen MR) is 78.2 cm³/mol. The van der Waals surface area contributed by atoms with Crippen LogP contribution in [0.4, 0.5) is 0 Å². The van der Waals surface area contributed by atoms with E-state index in [9.17, 15) is 0 Å². The molecule has 0 fully saturated rings. The van der Waals surface area contributed by atoms with Gasteiger partial charge in [-0.15, -0.1) is 0 Å². The van der Waals surface area contributed by atoms with E-state index >= 15 is 0 Å². The second-order valence-electron chi connectivity index (χ2n) is 4.54. The molecule has 108 valence electrons. The first-order chi connectivity index (χ1) is 8.83. The minimum absolute atomic E-state index is 0.300. The molecule has 1 nitrogen and oxygen atoms in total. The van der Waals surface area contributed by atoms with Crippen molar-refractivity contribution in [2.45, 2.75) is 90.9 Å². The SMILES string of the molecule is [CH2-]CCCCCCC.[CH2-]CCCCCCC.[O]=[Zr+2]. The van der Waals surface area contributed by atoms with Crippen molar-refractivity contribution < 1.29 is 27.5 Å². The summed E-state index contributed by atoms with van der Waals surface area (Å²) in [4.78, 5) is 0. The van der Waals surface area contributed by atoms with Crippen LogP contribution in [0, 0.1) is 13.8 Å². The van der Waals surface area contributed by atoms with Gasteiger partial charge < -0.3 is 13.8 Å². The van der Waals surface area contributed by atoms with Crippen molar-refractivity contribution >= 4 is 0 Å². The second kappa shape index (κ2) is 30.6. The second-order valence-corrected chi connectivity index (χ2v) is 4.54. The molecule has 2 heteroatoms. The zero-order valence-corrected chi connectivity index (χ0v) is 15.3. The summed E-state index contributed by atoms with van der Waals surface area (Å²) in [5.74, 6) is 0. The maximum absolute atomic E-state index is 8.34. The molecule has 0 aromatic heterocycles. The van der Waals surface area contributed by atoms with Crippen molar-refractivity contribution in [1.29, 1.82) is 0 Å². The van der Waals surface area contributed by atoms with Crippen LogP contribution in [0.2, 0.25) is 0 Å². The van der Waals surface area contributed by atoms with E-state index in [0.717, 1.165) is 12.8 Å². The Kier molecular flexibility index (Phi) is 40.4. The molecule has 0 rings (SSSR count). The van der Waals surface area contributed by atoms with Crippen molar-refractivity contribution in [3.8, 4) is 0 Å². The Labute approximate surface area is 132 Å². The molecule has 0 spiro atoms. The van der Waals surface area contributed by atoms with E-state index in [2.05, 4.69) is 27.7 Å². The van der Waals surface area contributed by atoms with Crippen LogP contribution in [0.15, 0.2) is 0 Å². The van der Waals surface area contributed by atoms with Gasteiger partial charge in [-0.05, 0) is 0 Å². The first kappa shape index (κ1) is 23.8. The molecule has 0 aromatic carbocycles. The Morgan fingerprint density at radius 3 is 1.11 bits per heavy atom. The molecule has 0 aliphatic rings. The zero-order valence-electron chi connectivity index (χ0n) is 12.8. The molecule has 0 saturated heterocycles. The first-order valence-corrected chi connectivity index (χ1v) is 8.62. The van der Waals surface area contributed by atoms with Gasteiger partial charge in [-0.2, -0.15) is 12.8 Å². The van der Waals surface area contributed by atoms with Crippen LogP contribution in [-0.4, -0.2) is 0 Å². The van der Waals surface area contributed by atoms with Gasteiger partial charge in [0.15, 0.2) is 0 Å². The van der Waals surface area contributed by atoms with Crippen molar-refractivity contribution in [1.82, 2.24) is 0 Å².